The predicted octanol–water partition coefficient (Wildman–Crippen LogP) is 5.66. The molecule has 1 aliphatic heterocycles. The summed E-state index contributed by atoms with van der Waals surface area (Å²) in [6.07, 6.45) is -1.17. The Morgan fingerprint density at radius 2 is 1.34 bits per heavy atom. The van der Waals surface area contributed by atoms with Crippen LogP contribution in [0.15, 0.2) is 118 Å². The Labute approximate surface area is 200 Å². The van der Waals surface area contributed by atoms with E-state index in [0.717, 1.165) is 0 Å². The molecule has 0 bridgehead atoms. The Morgan fingerprint density at radius 3 is 2.11 bits per heavy atom. The fraction of sp³-hybridized carbons (Fsp3) is 0.0667. The van der Waals surface area contributed by atoms with Crippen LogP contribution in [0, 0.1) is 0 Å². The number of benzene rings is 4. The van der Waals surface area contributed by atoms with Crippen molar-refractivity contribution >= 4 is 16.8 Å². The Kier molecular flexibility index (Phi) is 4.87. The molecule has 4 aromatic carbocycles. The van der Waals surface area contributed by atoms with Gasteiger partial charge in [-0.25, -0.2) is 0 Å². The number of ether oxygens (including phenoxy) is 1. The summed E-state index contributed by atoms with van der Waals surface area (Å²) in [7, 11) is 0. The lowest BCUT2D eigenvalue weighted by molar-refractivity contribution is -0.0542. The van der Waals surface area contributed by atoms with E-state index in [0.29, 0.717) is 22.5 Å². The molecule has 2 atom stereocenters. The standard InChI is InChI=1S/C30H20O5/c31-26-21-15-7-9-17-23(21)34-27(19-11-3-1-4-12-19)25(26)30(33)28(32)22-16-8-10-18-24(22)35-29(30)20-13-5-2-6-14-20/h1-18,29,33H. The molecule has 5 heteroatoms. The molecule has 5 nitrogen and oxygen atoms in total. The van der Waals surface area contributed by atoms with E-state index in [1.807, 2.05) is 24.3 Å². The van der Waals surface area contributed by atoms with Crippen molar-refractivity contribution in [1.29, 1.82) is 0 Å². The van der Waals surface area contributed by atoms with Gasteiger partial charge in [-0.2, -0.15) is 0 Å². The average molecular weight is 460 g/mol. The quantitative estimate of drug-likeness (QED) is 0.376. The Hall–Kier alpha value is -4.48. The number of para-hydroxylation sites is 2. The number of rotatable bonds is 3. The second-order valence-electron chi connectivity index (χ2n) is 8.50. The number of hydrogen-bond donors (Lipinski definition) is 1. The van der Waals surface area contributed by atoms with Gasteiger partial charge < -0.3 is 14.3 Å². The minimum atomic E-state index is -2.34. The van der Waals surface area contributed by atoms with Crippen LogP contribution in [-0.4, -0.2) is 10.9 Å². The fourth-order valence-electron chi connectivity index (χ4n) is 4.76. The zero-order valence-corrected chi connectivity index (χ0v) is 18.5. The van der Waals surface area contributed by atoms with Crippen LogP contribution in [0.2, 0.25) is 0 Å². The lowest BCUT2D eigenvalue weighted by Gasteiger charge is -2.39. The van der Waals surface area contributed by atoms with Crippen LogP contribution in [0.25, 0.3) is 22.3 Å². The molecule has 170 valence electrons. The zero-order chi connectivity index (χ0) is 24.0. The first-order valence-electron chi connectivity index (χ1n) is 11.3. The lowest BCUT2D eigenvalue weighted by Crippen LogP contribution is -2.50. The number of Topliss-reactive ketones (excluding diaryl/α,β-unsaturated/α-hetero) is 1. The van der Waals surface area contributed by atoms with Crippen molar-refractivity contribution in [2.24, 2.45) is 0 Å². The van der Waals surface area contributed by atoms with E-state index in [-0.39, 0.29) is 22.3 Å². The number of carbonyl (C=O) groups excluding carboxylic acids is 1. The highest BCUT2D eigenvalue weighted by atomic mass is 16.5. The first-order valence-corrected chi connectivity index (χ1v) is 11.3. The Bertz CT molecular complexity index is 1620. The van der Waals surface area contributed by atoms with Crippen LogP contribution < -0.4 is 10.2 Å². The molecule has 0 saturated carbocycles. The van der Waals surface area contributed by atoms with Crippen LogP contribution in [0.5, 0.6) is 5.75 Å². The molecule has 6 rings (SSSR count). The van der Waals surface area contributed by atoms with Crippen molar-refractivity contribution in [2.45, 2.75) is 11.7 Å². The minimum absolute atomic E-state index is 0.133. The average Bonchev–Trinajstić information content (AvgIpc) is 2.91. The summed E-state index contributed by atoms with van der Waals surface area (Å²) >= 11 is 0. The van der Waals surface area contributed by atoms with Crippen LogP contribution in [-0.2, 0) is 5.60 Å². The highest BCUT2D eigenvalue weighted by molar-refractivity contribution is 6.07. The predicted molar refractivity (Wildman–Crippen MR) is 132 cm³/mol. The molecule has 1 aromatic heterocycles. The molecular formula is C30H20O5. The third-order valence-electron chi connectivity index (χ3n) is 6.42. The summed E-state index contributed by atoms with van der Waals surface area (Å²) in [4.78, 5) is 28.1. The van der Waals surface area contributed by atoms with E-state index < -0.39 is 22.9 Å². The molecule has 35 heavy (non-hydrogen) atoms. The smallest absolute Gasteiger partial charge is 0.207 e. The van der Waals surface area contributed by atoms with Gasteiger partial charge in [-0.3, -0.25) is 9.59 Å². The van der Waals surface area contributed by atoms with Crippen molar-refractivity contribution in [2.75, 3.05) is 0 Å². The van der Waals surface area contributed by atoms with Gasteiger partial charge in [-0.05, 0) is 29.8 Å². The van der Waals surface area contributed by atoms with Crippen LogP contribution in [0.3, 0.4) is 0 Å². The fourth-order valence-corrected chi connectivity index (χ4v) is 4.76. The summed E-state index contributed by atoms with van der Waals surface area (Å²) in [5.74, 6) is -0.135. The molecule has 0 radical (unpaired) electrons. The summed E-state index contributed by atoms with van der Waals surface area (Å²) in [6, 6.07) is 31.5. The SMILES string of the molecule is O=C1c2ccccc2OC(c2ccccc2)C1(O)c1c(-c2ccccc2)oc2ccccc2c1=O. The summed E-state index contributed by atoms with van der Waals surface area (Å²) in [5, 5.41) is 12.7. The molecular weight excluding hydrogens is 440 g/mol. The van der Waals surface area contributed by atoms with E-state index in [9.17, 15) is 14.7 Å². The molecule has 0 saturated heterocycles. The molecule has 0 spiro atoms. The summed E-state index contributed by atoms with van der Waals surface area (Å²) in [5.41, 5.74) is -1.27. The zero-order valence-electron chi connectivity index (χ0n) is 18.5. The van der Waals surface area contributed by atoms with Crippen molar-refractivity contribution in [1.82, 2.24) is 0 Å². The molecule has 1 N–H and O–H groups in total. The maximum absolute atomic E-state index is 14.1. The molecule has 2 heterocycles. The Balaban J connectivity index is 1.73. The van der Waals surface area contributed by atoms with Gasteiger partial charge in [0.1, 0.15) is 17.1 Å². The molecule has 1 aliphatic rings. The first kappa shape index (κ1) is 21.1. The summed E-state index contributed by atoms with van der Waals surface area (Å²) in [6.45, 7) is 0. The highest BCUT2D eigenvalue weighted by Gasteiger charge is 2.55. The van der Waals surface area contributed by atoms with Gasteiger partial charge in [-0.1, -0.05) is 84.9 Å². The first-order chi connectivity index (χ1) is 17.1. The molecule has 2 unspecified atom stereocenters. The van der Waals surface area contributed by atoms with Gasteiger partial charge >= 0.3 is 0 Å². The van der Waals surface area contributed by atoms with Crippen molar-refractivity contribution in [3.8, 4) is 17.1 Å². The van der Waals surface area contributed by atoms with Crippen molar-refractivity contribution < 1.29 is 19.1 Å². The van der Waals surface area contributed by atoms with Crippen LogP contribution in [0.1, 0.15) is 27.6 Å². The van der Waals surface area contributed by atoms with E-state index in [2.05, 4.69) is 0 Å². The van der Waals surface area contributed by atoms with Gasteiger partial charge in [0, 0.05) is 5.56 Å². The van der Waals surface area contributed by atoms with E-state index >= 15 is 0 Å². The van der Waals surface area contributed by atoms with E-state index in [4.69, 9.17) is 9.15 Å². The van der Waals surface area contributed by atoms with Gasteiger partial charge in [0.05, 0.1) is 16.5 Å². The van der Waals surface area contributed by atoms with Crippen molar-refractivity contribution in [3.63, 3.8) is 0 Å². The van der Waals surface area contributed by atoms with Gasteiger partial charge in [0.25, 0.3) is 0 Å². The molecule has 5 aromatic rings. The van der Waals surface area contributed by atoms with Gasteiger partial charge in [-0.15, -0.1) is 0 Å². The lowest BCUT2D eigenvalue weighted by atomic mass is 9.75. The third kappa shape index (κ3) is 3.21. The normalized spacial score (nSPS) is 19.2. The molecule has 0 amide bonds. The van der Waals surface area contributed by atoms with Crippen LogP contribution in [0.4, 0.5) is 0 Å². The van der Waals surface area contributed by atoms with Gasteiger partial charge in [0.15, 0.2) is 11.5 Å². The summed E-state index contributed by atoms with van der Waals surface area (Å²) < 4.78 is 12.5. The maximum atomic E-state index is 14.1. The number of fused-ring (bicyclic) bond motifs is 2. The second kappa shape index (κ2) is 8.08. The molecule has 0 fully saturated rings. The van der Waals surface area contributed by atoms with E-state index in [1.165, 1.54) is 0 Å². The van der Waals surface area contributed by atoms with Gasteiger partial charge in [0.2, 0.25) is 11.4 Å². The number of carbonyl (C=O) groups is 1. The minimum Gasteiger partial charge on any atom is -0.481 e. The highest BCUT2D eigenvalue weighted by Crippen LogP contribution is 2.48. The monoisotopic (exact) mass is 460 g/mol. The number of ketones is 1. The van der Waals surface area contributed by atoms with Crippen molar-refractivity contribution in [3.05, 3.63) is 136 Å². The Morgan fingerprint density at radius 1 is 0.714 bits per heavy atom. The van der Waals surface area contributed by atoms with E-state index in [1.54, 1.807) is 84.9 Å². The largest absolute Gasteiger partial charge is 0.481 e. The number of hydrogen-bond acceptors (Lipinski definition) is 5. The molecule has 0 aliphatic carbocycles. The topological polar surface area (TPSA) is 76.7 Å². The number of aliphatic hydroxyl groups is 1. The maximum Gasteiger partial charge on any atom is 0.207 e. The van der Waals surface area contributed by atoms with Crippen LogP contribution >= 0.6 is 0 Å². The third-order valence-corrected chi connectivity index (χ3v) is 6.42. The second-order valence-corrected chi connectivity index (χ2v) is 8.50.